The van der Waals surface area contributed by atoms with Gasteiger partial charge in [0, 0.05) is 37.9 Å². The van der Waals surface area contributed by atoms with Gasteiger partial charge >= 0.3 is 0 Å². The topological polar surface area (TPSA) is 40.6 Å². The molecule has 24 heavy (non-hydrogen) atoms. The van der Waals surface area contributed by atoms with Gasteiger partial charge in [0.15, 0.2) is 0 Å². The van der Waals surface area contributed by atoms with Crippen molar-refractivity contribution in [1.82, 2.24) is 4.31 Å². The van der Waals surface area contributed by atoms with Crippen molar-refractivity contribution in [3.8, 4) is 0 Å². The molecule has 2 aromatic rings. The van der Waals surface area contributed by atoms with Crippen molar-refractivity contribution in [1.29, 1.82) is 0 Å². The van der Waals surface area contributed by atoms with E-state index < -0.39 is 26.6 Å². The summed E-state index contributed by atoms with van der Waals surface area (Å²) in [5.74, 6) is -1.85. The van der Waals surface area contributed by atoms with Gasteiger partial charge < -0.3 is 4.90 Å². The van der Waals surface area contributed by atoms with Crippen LogP contribution in [0.15, 0.2) is 47.4 Å². The highest BCUT2D eigenvalue weighted by Crippen LogP contribution is 2.25. The molecule has 128 valence electrons. The van der Waals surface area contributed by atoms with Gasteiger partial charge in [-0.15, -0.1) is 0 Å². The largest absolute Gasteiger partial charge is 0.369 e. The SMILES string of the molecule is Cc1ccccc1N1CCN(S(=O)(=O)c2ccc(F)cc2F)CC1. The molecule has 1 fully saturated rings. The van der Waals surface area contributed by atoms with Crippen molar-refractivity contribution in [3.05, 3.63) is 59.7 Å². The van der Waals surface area contributed by atoms with Gasteiger partial charge in [-0.25, -0.2) is 17.2 Å². The first-order valence-corrected chi connectivity index (χ1v) is 9.09. The second-order valence-electron chi connectivity index (χ2n) is 5.75. The lowest BCUT2D eigenvalue weighted by Crippen LogP contribution is -2.49. The molecule has 7 heteroatoms. The number of benzene rings is 2. The summed E-state index contributed by atoms with van der Waals surface area (Å²) in [6.45, 7) is 3.56. The predicted octanol–water partition coefficient (Wildman–Crippen LogP) is 2.78. The number of piperazine rings is 1. The number of hydrogen-bond acceptors (Lipinski definition) is 3. The number of halogens is 2. The molecule has 0 N–H and O–H groups in total. The van der Waals surface area contributed by atoms with Crippen LogP contribution in [0.1, 0.15) is 5.56 Å². The average molecular weight is 352 g/mol. The Bertz CT molecular complexity index is 847. The van der Waals surface area contributed by atoms with Crippen LogP contribution in [0.4, 0.5) is 14.5 Å². The zero-order chi connectivity index (χ0) is 17.3. The molecular weight excluding hydrogens is 334 g/mol. The van der Waals surface area contributed by atoms with E-state index in [0.717, 1.165) is 23.4 Å². The first-order valence-electron chi connectivity index (χ1n) is 7.65. The van der Waals surface area contributed by atoms with Crippen molar-refractivity contribution in [2.45, 2.75) is 11.8 Å². The fourth-order valence-electron chi connectivity index (χ4n) is 2.91. The molecule has 0 aromatic heterocycles. The Hall–Kier alpha value is -1.99. The van der Waals surface area contributed by atoms with E-state index >= 15 is 0 Å². The number of anilines is 1. The van der Waals surface area contributed by atoms with Gasteiger partial charge in [-0.3, -0.25) is 0 Å². The molecule has 0 amide bonds. The molecule has 0 saturated carbocycles. The fraction of sp³-hybridized carbons (Fsp3) is 0.294. The highest BCUT2D eigenvalue weighted by molar-refractivity contribution is 7.89. The minimum atomic E-state index is -3.96. The molecule has 0 radical (unpaired) electrons. The van der Waals surface area contributed by atoms with E-state index in [1.165, 1.54) is 4.31 Å². The molecule has 0 spiro atoms. The Morgan fingerprint density at radius 3 is 2.25 bits per heavy atom. The first kappa shape index (κ1) is 16.9. The summed E-state index contributed by atoms with van der Waals surface area (Å²) in [5.41, 5.74) is 2.20. The number of sulfonamides is 1. The van der Waals surface area contributed by atoms with Crippen LogP contribution in [0.2, 0.25) is 0 Å². The van der Waals surface area contributed by atoms with E-state index in [-0.39, 0.29) is 13.1 Å². The Labute approximate surface area is 140 Å². The van der Waals surface area contributed by atoms with Crippen molar-refractivity contribution >= 4 is 15.7 Å². The van der Waals surface area contributed by atoms with E-state index in [4.69, 9.17) is 0 Å². The fourth-order valence-corrected chi connectivity index (χ4v) is 4.38. The number of nitrogens with zero attached hydrogens (tertiary/aromatic N) is 2. The molecular formula is C17H18F2N2O2S. The van der Waals surface area contributed by atoms with Crippen molar-refractivity contribution in [2.75, 3.05) is 31.1 Å². The zero-order valence-corrected chi connectivity index (χ0v) is 14.1. The number of hydrogen-bond donors (Lipinski definition) is 0. The van der Waals surface area contributed by atoms with Crippen molar-refractivity contribution in [3.63, 3.8) is 0 Å². The summed E-state index contributed by atoms with van der Waals surface area (Å²) in [6, 6.07) is 10.4. The lowest BCUT2D eigenvalue weighted by atomic mass is 10.1. The molecule has 0 bridgehead atoms. The minimum absolute atomic E-state index is 0.257. The highest BCUT2D eigenvalue weighted by Gasteiger charge is 2.31. The molecule has 1 saturated heterocycles. The molecule has 1 aliphatic heterocycles. The number of aryl methyl sites for hydroxylation is 1. The van der Waals surface area contributed by atoms with Gasteiger partial charge in [0.2, 0.25) is 10.0 Å². The van der Waals surface area contributed by atoms with Crippen LogP contribution in [-0.2, 0) is 10.0 Å². The second kappa shape index (κ2) is 6.49. The first-order chi connectivity index (χ1) is 11.4. The Balaban J connectivity index is 1.78. The lowest BCUT2D eigenvalue weighted by molar-refractivity contribution is 0.382. The summed E-state index contributed by atoms with van der Waals surface area (Å²) in [5, 5.41) is 0. The third-order valence-electron chi connectivity index (χ3n) is 4.21. The molecule has 1 heterocycles. The normalized spacial score (nSPS) is 16.4. The second-order valence-corrected chi connectivity index (χ2v) is 7.66. The standard InChI is InChI=1S/C17H18F2N2O2S/c1-13-4-2-3-5-16(13)20-8-10-21(11-9-20)24(22,23)17-7-6-14(18)12-15(17)19/h2-7,12H,8-11H2,1H3. The van der Waals surface area contributed by atoms with Gasteiger partial charge in [0.1, 0.15) is 16.5 Å². The summed E-state index contributed by atoms with van der Waals surface area (Å²) in [4.78, 5) is 1.63. The van der Waals surface area contributed by atoms with Crippen LogP contribution < -0.4 is 4.90 Å². The van der Waals surface area contributed by atoms with Gasteiger partial charge in [0.05, 0.1) is 0 Å². The maximum absolute atomic E-state index is 13.8. The monoisotopic (exact) mass is 352 g/mol. The summed E-state index contributed by atoms with van der Waals surface area (Å²) in [7, 11) is -3.96. The smallest absolute Gasteiger partial charge is 0.246 e. The highest BCUT2D eigenvalue weighted by atomic mass is 32.2. The lowest BCUT2D eigenvalue weighted by Gasteiger charge is -2.36. The molecule has 4 nitrogen and oxygen atoms in total. The van der Waals surface area contributed by atoms with E-state index in [1.807, 2.05) is 31.2 Å². The van der Waals surface area contributed by atoms with Crippen LogP contribution in [0.5, 0.6) is 0 Å². The van der Waals surface area contributed by atoms with Crippen LogP contribution in [0.25, 0.3) is 0 Å². The molecule has 1 aliphatic rings. The summed E-state index contributed by atoms with van der Waals surface area (Å²) >= 11 is 0. The number of rotatable bonds is 3. The van der Waals surface area contributed by atoms with Crippen LogP contribution in [0.3, 0.4) is 0 Å². The van der Waals surface area contributed by atoms with Crippen LogP contribution in [-0.4, -0.2) is 38.9 Å². The van der Waals surface area contributed by atoms with E-state index in [9.17, 15) is 17.2 Å². The van der Waals surface area contributed by atoms with Gasteiger partial charge in [-0.2, -0.15) is 4.31 Å². The van der Waals surface area contributed by atoms with Crippen molar-refractivity contribution in [2.24, 2.45) is 0 Å². The number of para-hydroxylation sites is 1. The molecule has 3 rings (SSSR count). The van der Waals surface area contributed by atoms with Crippen molar-refractivity contribution < 1.29 is 17.2 Å². The van der Waals surface area contributed by atoms with Gasteiger partial charge in [0.25, 0.3) is 0 Å². The minimum Gasteiger partial charge on any atom is -0.369 e. The molecule has 2 aromatic carbocycles. The summed E-state index contributed by atoms with van der Waals surface area (Å²) < 4.78 is 53.2. The van der Waals surface area contributed by atoms with Crippen LogP contribution in [0, 0.1) is 18.6 Å². The maximum atomic E-state index is 13.8. The maximum Gasteiger partial charge on any atom is 0.246 e. The van der Waals surface area contributed by atoms with Gasteiger partial charge in [-0.05, 0) is 30.7 Å². The van der Waals surface area contributed by atoms with E-state index in [2.05, 4.69) is 4.90 Å². The average Bonchev–Trinajstić information content (AvgIpc) is 2.55. The Morgan fingerprint density at radius 2 is 1.62 bits per heavy atom. The zero-order valence-electron chi connectivity index (χ0n) is 13.2. The predicted molar refractivity (Wildman–Crippen MR) is 88.5 cm³/mol. The molecule has 0 atom stereocenters. The van der Waals surface area contributed by atoms with E-state index in [0.29, 0.717) is 19.2 Å². The van der Waals surface area contributed by atoms with Crippen LogP contribution >= 0.6 is 0 Å². The van der Waals surface area contributed by atoms with E-state index in [1.54, 1.807) is 0 Å². The van der Waals surface area contributed by atoms with Gasteiger partial charge in [-0.1, -0.05) is 18.2 Å². The molecule has 0 aliphatic carbocycles. The summed E-state index contributed by atoms with van der Waals surface area (Å²) in [6.07, 6.45) is 0. The quantitative estimate of drug-likeness (QED) is 0.853. The molecule has 0 unspecified atom stereocenters. The third-order valence-corrected chi connectivity index (χ3v) is 6.14. The Kier molecular flexibility index (Phi) is 4.56. The Morgan fingerprint density at radius 1 is 0.958 bits per heavy atom. The third kappa shape index (κ3) is 3.14.